The van der Waals surface area contributed by atoms with Gasteiger partial charge in [0.25, 0.3) is 0 Å². The summed E-state index contributed by atoms with van der Waals surface area (Å²) in [5, 5.41) is 3.39. The molecule has 0 aromatic heterocycles. The van der Waals surface area contributed by atoms with Gasteiger partial charge >= 0.3 is 0 Å². The van der Waals surface area contributed by atoms with Crippen LogP contribution in [0.5, 0.6) is 0 Å². The van der Waals surface area contributed by atoms with Gasteiger partial charge in [0, 0.05) is 25.2 Å². The Morgan fingerprint density at radius 1 is 1.19 bits per heavy atom. The molecule has 2 atom stereocenters. The first-order chi connectivity index (χ1) is 10.1. The molecule has 21 heavy (non-hydrogen) atoms. The van der Waals surface area contributed by atoms with Crippen LogP contribution in [-0.4, -0.2) is 68.3 Å². The summed E-state index contributed by atoms with van der Waals surface area (Å²) in [6, 6.07) is 1.14. The van der Waals surface area contributed by atoms with E-state index in [4.69, 9.17) is 4.74 Å². The molecule has 0 amide bonds. The van der Waals surface area contributed by atoms with E-state index in [0.29, 0.717) is 12.1 Å². The number of ether oxygens (including phenoxy) is 1. The van der Waals surface area contributed by atoms with Gasteiger partial charge in [0.1, 0.15) is 5.76 Å². The molecule has 4 heteroatoms. The third kappa shape index (κ3) is 6.81. The lowest BCUT2D eigenvalue weighted by Gasteiger charge is -2.44. The second-order valence-corrected chi connectivity index (χ2v) is 6.29. The molecule has 0 spiro atoms. The Morgan fingerprint density at radius 3 is 2.43 bits per heavy atom. The SMILES string of the molecule is C=C(CN1C(C)CN(CCCCCNCC)CC1C)OC. The minimum atomic E-state index is 0.572. The third-order valence-electron chi connectivity index (χ3n) is 4.40. The maximum absolute atomic E-state index is 5.23. The monoisotopic (exact) mass is 297 g/mol. The molecule has 0 aliphatic carbocycles. The third-order valence-corrected chi connectivity index (χ3v) is 4.40. The minimum Gasteiger partial charge on any atom is -0.500 e. The summed E-state index contributed by atoms with van der Waals surface area (Å²) in [6.45, 7) is 17.4. The number of rotatable bonds is 10. The Hall–Kier alpha value is -0.580. The van der Waals surface area contributed by atoms with Crippen LogP contribution >= 0.6 is 0 Å². The highest BCUT2D eigenvalue weighted by Gasteiger charge is 2.29. The van der Waals surface area contributed by atoms with Gasteiger partial charge in [-0.15, -0.1) is 0 Å². The van der Waals surface area contributed by atoms with E-state index in [1.807, 2.05) is 0 Å². The predicted octanol–water partition coefficient (Wildman–Crippen LogP) is 2.32. The summed E-state index contributed by atoms with van der Waals surface area (Å²) in [4.78, 5) is 5.13. The molecule has 0 aromatic carbocycles. The Labute approximate surface area is 131 Å². The molecule has 1 N–H and O–H groups in total. The van der Waals surface area contributed by atoms with E-state index in [1.165, 1.54) is 25.8 Å². The van der Waals surface area contributed by atoms with Crippen molar-refractivity contribution >= 4 is 0 Å². The second-order valence-electron chi connectivity index (χ2n) is 6.29. The van der Waals surface area contributed by atoms with Crippen molar-refractivity contribution in [2.45, 2.75) is 52.1 Å². The fourth-order valence-corrected chi connectivity index (χ4v) is 3.17. The van der Waals surface area contributed by atoms with E-state index in [-0.39, 0.29) is 0 Å². The van der Waals surface area contributed by atoms with Gasteiger partial charge < -0.3 is 15.0 Å². The van der Waals surface area contributed by atoms with Gasteiger partial charge in [-0.3, -0.25) is 4.90 Å². The average Bonchev–Trinajstić information content (AvgIpc) is 2.46. The molecule has 1 fully saturated rings. The zero-order valence-electron chi connectivity index (χ0n) is 14.5. The molecule has 1 aliphatic heterocycles. The van der Waals surface area contributed by atoms with Crippen LogP contribution in [0.2, 0.25) is 0 Å². The van der Waals surface area contributed by atoms with Gasteiger partial charge in [0.2, 0.25) is 0 Å². The maximum Gasteiger partial charge on any atom is 0.102 e. The summed E-state index contributed by atoms with van der Waals surface area (Å²) in [5.41, 5.74) is 0. The highest BCUT2D eigenvalue weighted by molar-refractivity contribution is 4.93. The molecule has 4 nitrogen and oxygen atoms in total. The molecule has 1 heterocycles. The van der Waals surface area contributed by atoms with Gasteiger partial charge in [-0.05, 0) is 46.3 Å². The highest BCUT2D eigenvalue weighted by atomic mass is 16.5. The summed E-state index contributed by atoms with van der Waals surface area (Å²) in [6.07, 6.45) is 3.94. The summed E-state index contributed by atoms with van der Waals surface area (Å²) < 4.78 is 5.23. The van der Waals surface area contributed by atoms with E-state index in [9.17, 15) is 0 Å². The Morgan fingerprint density at radius 2 is 1.86 bits per heavy atom. The summed E-state index contributed by atoms with van der Waals surface area (Å²) in [5.74, 6) is 0.866. The Bertz CT molecular complexity index is 284. The number of nitrogens with one attached hydrogen (secondary N) is 1. The number of nitrogens with zero attached hydrogens (tertiary/aromatic N) is 2. The van der Waals surface area contributed by atoms with Crippen molar-refractivity contribution in [1.29, 1.82) is 0 Å². The van der Waals surface area contributed by atoms with Crippen molar-refractivity contribution < 1.29 is 4.74 Å². The first kappa shape index (κ1) is 18.5. The lowest BCUT2D eigenvalue weighted by Crippen LogP contribution is -2.57. The average molecular weight is 297 g/mol. The molecule has 124 valence electrons. The predicted molar refractivity (Wildman–Crippen MR) is 90.6 cm³/mol. The lowest BCUT2D eigenvalue weighted by molar-refractivity contribution is 0.0355. The fourth-order valence-electron chi connectivity index (χ4n) is 3.17. The smallest absolute Gasteiger partial charge is 0.102 e. The number of unbranched alkanes of at least 4 members (excludes halogenated alkanes) is 2. The summed E-state index contributed by atoms with van der Waals surface area (Å²) >= 11 is 0. The standard InChI is InChI=1S/C17H35N3O/c1-6-18-10-8-7-9-11-19-12-15(2)20(16(3)13-19)14-17(4)21-5/h15-16,18H,4,6-14H2,1-3,5H3. The van der Waals surface area contributed by atoms with E-state index in [2.05, 4.69) is 42.5 Å². The second kappa shape index (κ2) is 10.2. The van der Waals surface area contributed by atoms with Crippen molar-refractivity contribution in [2.75, 3.05) is 46.4 Å². The van der Waals surface area contributed by atoms with Crippen LogP contribution in [0.25, 0.3) is 0 Å². The van der Waals surface area contributed by atoms with Crippen molar-refractivity contribution in [1.82, 2.24) is 15.1 Å². The molecule has 0 radical (unpaired) electrons. The van der Waals surface area contributed by atoms with Gasteiger partial charge in [0.05, 0.1) is 13.7 Å². The molecule has 1 aliphatic rings. The lowest BCUT2D eigenvalue weighted by atomic mass is 10.1. The highest BCUT2D eigenvalue weighted by Crippen LogP contribution is 2.17. The first-order valence-corrected chi connectivity index (χ1v) is 8.49. The number of hydrogen-bond donors (Lipinski definition) is 1. The number of methoxy groups -OCH3 is 1. The van der Waals surface area contributed by atoms with Gasteiger partial charge in [-0.25, -0.2) is 0 Å². The largest absolute Gasteiger partial charge is 0.500 e. The van der Waals surface area contributed by atoms with Gasteiger partial charge in [0.15, 0.2) is 0 Å². The topological polar surface area (TPSA) is 27.7 Å². The van der Waals surface area contributed by atoms with E-state index in [0.717, 1.165) is 38.5 Å². The van der Waals surface area contributed by atoms with Crippen LogP contribution in [-0.2, 0) is 4.74 Å². The molecule has 0 saturated carbocycles. The van der Waals surface area contributed by atoms with Gasteiger partial charge in [-0.2, -0.15) is 0 Å². The van der Waals surface area contributed by atoms with E-state index >= 15 is 0 Å². The maximum atomic E-state index is 5.23. The van der Waals surface area contributed by atoms with Crippen molar-refractivity contribution in [2.24, 2.45) is 0 Å². The zero-order valence-corrected chi connectivity index (χ0v) is 14.5. The molecule has 1 rings (SSSR count). The van der Waals surface area contributed by atoms with Crippen molar-refractivity contribution in [3.05, 3.63) is 12.3 Å². The molecule has 0 aromatic rings. The Kier molecular flexibility index (Phi) is 8.97. The molecular weight excluding hydrogens is 262 g/mol. The van der Waals surface area contributed by atoms with Crippen molar-refractivity contribution in [3.8, 4) is 0 Å². The molecule has 0 bridgehead atoms. The number of hydrogen-bond acceptors (Lipinski definition) is 4. The molecule has 1 saturated heterocycles. The van der Waals surface area contributed by atoms with Crippen LogP contribution in [0, 0.1) is 0 Å². The zero-order chi connectivity index (χ0) is 15.7. The van der Waals surface area contributed by atoms with Crippen LogP contribution in [0.3, 0.4) is 0 Å². The number of piperazine rings is 1. The molecule has 2 unspecified atom stereocenters. The first-order valence-electron chi connectivity index (χ1n) is 8.49. The normalized spacial score (nSPS) is 24.2. The van der Waals surface area contributed by atoms with Gasteiger partial charge in [-0.1, -0.05) is 19.9 Å². The van der Waals surface area contributed by atoms with E-state index < -0.39 is 0 Å². The van der Waals surface area contributed by atoms with Crippen LogP contribution < -0.4 is 5.32 Å². The summed E-state index contributed by atoms with van der Waals surface area (Å²) in [7, 11) is 1.71. The molecular formula is C17H35N3O. The van der Waals surface area contributed by atoms with E-state index in [1.54, 1.807) is 7.11 Å². The van der Waals surface area contributed by atoms with Crippen LogP contribution in [0.1, 0.15) is 40.0 Å². The fraction of sp³-hybridized carbons (Fsp3) is 0.882. The van der Waals surface area contributed by atoms with Crippen LogP contribution in [0.4, 0.5) is 0 Å². The van der Waals surface area contributed by atoms with Crippen LogP contribution in [0.15, 0.2) is 12.3 Å². The Balaban J connectivity index is 2.24. The quantitative estimate of drug-likeness (QED) is 0.495. The minimum absolute atomic E-state index is 0.572. The van der Waals surface area contributed by atoms with Crippen molar-refractivity contribution in [3.63, 3.8) is 0 Å².